The first-order valence-electron chi connectivity index (χ1n) is 6.08. The highest BCUT2D eigenvalue weighted by atomic mass is 79.9. The Hall–Kier alpha value is -1.12. The molecule has 0 fully saturated rings. The lowest BCUT2D eigenvalue weighted by molar-refractivity contribution is 0.859. The quantitative estimate of drug-likeness (QED) is 0.873. The van der Waals surface area contributed by atoms with Crippen LogP contribution in [0.15, 0.2) is 40.9 Å². The zero-order valence-corrected chi connectivity index (χ0v) is 12.6. The van der Waals surface area contributed by atoms with E-state index in [4.69, 9.17) is 5.73 Å². The van der Waals surface area contributed by atoms with E-state index in [0.717, 1.165) is 10.0 Å². The Kier molecular flexibility index (Phi) is 3.88. The van der Waals surface area contributed by atoms with Crippen LogP contribution in [0, 0.1) is 20.8 Å². The van der Waals surface area contributed by atoms with E-state index in [1.807, 2.05) is 0 Å². The maximum Gasteiger partial charge on any atom is 0.0554 e. The number of hydrogen-bond donors (Lipinski definition) is 1. The van der Waals surface area contributed by atoms with Gasteiger partial charge in [-0.1, -0.05) is 51.8 Å². The predicted molar refractivity (Wildman–Crippen MR) is 80.8 cm³/mol. The molecule has 18 heavy (non-hydrogen) atoms. The van der Waals surface area contributed by atoms with Crippen LogP contribution < -0.4 is 5.73 Å². The molecule has 0 saturated heterocycles. The summed E-state index contributed by atoms with van der Waals surface area (Å²) in [4.78, 5) is 0. The summed E-state index contributed by atoms with van der Waals surface area (Å²) in [5.41, 5.74) is 12.4. The molecule has 0 saturated carbocycles. The second kappa shape index (κ2) is 5.25. The van der Waals surface area contributed by atoms with Crippen LogP contribution >= 0.6 is 15.9 Å². The average molecular weight is 304 g/mol. The summed E-state index contributed by atoms with van der Waals surface area (Å²) in [7, 11) is 0. The van der Waals surface area contributed by atoms with Gasteiger partial charge in [-0.05, 0) is 49.1 Å². The van der Waals surface area contributed by atoms with E-state index < -0.39 is 0 Å². The number of hydrogen-bond acceptors (Lipinski definition) is 1. The van der Waals surface area contributed by atoms with Crippen LogP contribution in [-0.2, 0) is 0 Å². The zero-order valence-electron chi connectivity index (χ0n) is 11.0. The van der Waals surface area contributed by atoms with Crippen molar-refractivity contribution in [2.75, 3.05) is 0 Å². The Balaban J connectivity index is 2.41. The molecular formula is C16H18BrN. The fourth-order valence-electron chi connectivity index (χ4n) is 2.16. The molecule has 94 valence electrons. The van der Waals surface area contributed by atoms with E-state index in [-0.39, 0.29) is 6.04 Å². The first-order chi connectivity index (χ1) is 8.49. The van der Waals surface area contributed by atoms with E-state index in [1.54, 1.807) is 0 Å². The van der Waals surface area contributed by atoms with Crippen molar-refractivity contribution in [2.45, 2.75) is 26.8 Å². The second-order valence-corrected chi connectivity index (χ2v) is 5.70. The average Bonchev–Trinajstić information content (AvgIpc) is 2.32. The minimum absolute atomic E-state index is 0.0671. The standard InChI is InChI=1S/C16H18BrN/c1-10-4-7-14(12(3)8-10)16(18)13-6-5-11(2)15(17)9-13/h4-9,16H,18H2,1-3H3. The molecule has 0 aliphatic heterocycles. The summed E-state index contributed by atoms with van der Waals surface area (Å²) in [6, 6.07) is 12.7. The van der Waals surface area contributed by atoms with Gasteiger partial charge in [0.05, 0.1) is 6.04 Å². The van der Waals surface area contributed by atoms with E-state index in [2.05, 4.69) is 73.1 Å². The molecule has 2 N–H and O–H groups in total. The molecule has 0 aromatic heterocycles. The molecule has 0 aliphatic rings. The number of halogens is 1. The zero-order chi connectivity index (χ0) is 13.3. The van der Waals surface area contributed by atoms with Gasteiger partial charge in [0.1, 0.15) is 0 Å². The van der Waals surface area contributed by atoms with Crippen LogP contribution in [-0.4, -0.2) is 0 Å². The monoisotopic (exact) mass is 303 g/mol. The third-order valence-electron chi connectivity index (χ3n) is 3.32. The Morgan fingerprint density at radius 3 is 2.28 bits per heavy atom. The van der Waals surface area contributed by atoms with Gasteiger partial charge in [0.25, 0.3) is 0 Å². The van der Waals surface area contributed by atoms with Gasteiger partial charge in [-0.2, -0.15) is 0 Å². The summed E-state index contributed by atoms with van der Waals surface area (Å²) < 4.78 is 1.11. The molecular weight excluding hydrogens is 286 g/mol. The summed E-state index contributed by atoms with van der Waals surface area (Å²) >= 11 is 3.56. The van der Waals surface area contributed by atoms with Gasteiger partial charge in [0, 0.05) is 4.47 Å². The van der Waals surface area contributed by atoms with Crippen molar-refractivity contribution in [3.63, 3.8) is 0 Å². The minimum atomic E-state index is -0.0671. The van der Waals surface area contributed by atoms with Crippen molar-refractivity contribution in [3.8, 4) is 0 Å². The number of benzene rings is 2. The van der Waals surface area contributed by atoms with Gasteiger partial charge in [-0.3, -0.25) is 0 Å². The summed E-state index contributed by atoms with van der Waals surface area (Å²) in [5, 5.41) is 0. The molecule has 0 aliphatic carbocycles. The Morgan fingerprint density at radius 1 is 0.944 bits per heavy atom. The van der Waals surface area contributed by atoms with Crippen LogP contribution in [0.1, 0.15) is 33.9 Å². The molecule has 1 unspecified atom stereocenters. The third-order valence-corrected chi connectivity index (χ3v) is 4.17. The normalized spacial score (nSPS) is 12.5. The van der Waals surface area contributed by atoms with E-state index in [9.17, 15) is 0 Å². The first kappa shape index (κ1) is 13.3. The van der Waals surface area contributed by atoms with Crippen LogP contribution in [0.4, 0.5) is 0 Å². The van der Waals surface area contributed by atoms with E-state index in [1.165, 1.54) is 22.3 Å². The number of rotatable bonds is 2. The van der Waals surface area contributed by atoms with Gasteiger partial charge in [0.2, 0.25) is 0 Å². The SMILES string of the molecule is Cc1ccc(C(N)c2ccc(C)c(Br)c2)c(C)c1. The second-order valence-electron chi connectivity index (χ2n) is 4.85. The van der Waals surface area contributed by atoms with Crippen molar-refractivity contribution >= 4 is 15.9 Å². The van der Waals surface area contributed by atoms with Crippen molar-refractivity contribution in [3.05, 3.63) is 68.7 Å². The molecule has 2 aromatic rings. The van der Waals surface area contributed by atoms with Crippen molar-refractivity contribution in [1.29, 1.82) is 0 Å². The Morgan fingerprint density at radius 2 is 1.67 bits per heavy atom. The topological polar surface area (TPSA) is 26.0 Å². The summed E-state index contributed by atoms with van der Waals surface area (Å²) in [6.07, 6.45) is 0. The van der Waals surface area contributed by atoms with Crippen molar-refractivity contribution in [1.82, 2.24) is 0 Å². The fraction of sp³-hybridized carbons (Fsp3) is 0.250. The van der Waals surface area contributed by atoms with Crippen molar-refractivity contribution < 1.29 is 0 Å². The van der Waals surface area contributed by atoms with Gasteiger partial charge in [-0.15, -0.1) is 0 Å². The van der Waals surface area contributed by atoms with Crippen LogP contribution in [0.3, 0.4) is 0 Å². The van der Waals surface area contributed by atoms with Gasteiger partial charge in [0.15, 0.2) is 0 Å². The Labute approximate surface area is 117 Å². The molecule has 2 heteroatoms. The lowest BCUT2D eigenvalue weighted by Crippen LogP contribution is -2.13. The smallest absolute Gasteiger partial charge is 0.0554 e. The van der Waals surface area contributed by atoms with Crippen LogP contribution in [0.5, 0.6) is 0 Å². The van der Waals surface area contributed by atoms with Crippen LogP contribution in [0.25, 0.3) is 0 Å². The molecule has 0 spiro atoms. The summed E-state index contributed by atoms with van der Waals surface area (Å²) in [5.74, 6) is 0. The molecule has 1 atom stereocenters. The highest BCUT2D eigenvalue weighted by Crippen LogP contribution is 2.27. The van der Waals surface area contributed by atoms with Crippen molar-refractivity contribution in [2.24, 2.45) is 5.73 Å². The van der Waals surface area contributed by atoms with Crippen LogP contribution in [0.2, 0.25) is 0 Å². The molecule has 0 amide bonds. The van der Waals surface area contributed by atoms with Gasteiger partial charge < -0.3 is 5.73 Å². The predicted octanol–water partition coefficient (Wildman–Crippen LogP) is 4.42. The molecule has 2 rings (SSSR count). The molecule has 0 heterocycles. The third kappa shape index (κ3) is 2.65. The highest BCUT2D eigenvalue weighted by Gasteiger charge is 2.12. The van der Waals surface area contributed by atoms with Gasteiger partial charge >= 0.3 is 0 Å². The Bertz CT molecular complexity index is 575. The highest BCUT2D eigenvalue weighted by molar-refractivity contribution is 9.10. The largest absolute Gasteiger partial charge is 0.320 e. The lowest BCUT2D eigenvalue weighted by atomic mass is 9.94. The maximum absolute atomic E-state index is 6.37. The number of nitrogens with two attached hydrogens (primary N) is 1. The minimum Gasteiger partial charge on any atom is -0.320 e. The molecule has 2 aromatic carbocycles. The molecule has 0 bridgehead atoms. The fourth-order valence-corrected chi connectivity index (χ4v) is 2.55. The molecule has 0 radical (unpaired) electrons. The van der Waals surface area contributed by atoms with E-state index in [0.29, 0.717) is 0 Å². The maximum atomic E-state index is 6.37. The summed E-state index contributed by atoms with van der Waals surface area (Å²) in [6.45, 7) is 6.30. The lowest BCUT2D eigenvalue weighted by Gasteiger charge is -2.16. The number of aryl methyl sites for hydroxylation is 3. The molecule has 1 nitrogen and oxygen atoms in total. The van der Waals surface area contributed by atoms with Gasteiger partial charge in [-0.25, -0.2) is 0 Å². The first-order valence-corrected chi connectivity index (χ1v) is 6.87. The van der Waals surface area contributed by atoms with E-state index >= 15 is 0 Å².